The summed E-state index contributed by atoms with van der Waals surface area (Å²) in [6, 6.07) is 0. The van der Waals surface area contributed by atoms with Crippen molar-refractivity contribution in [2.24, 2.45) is 41.4 Å². The highest BCUT2D eigenvalue weighted by Gasteiger charge is 2.49. The number of carbonyl (C=O) groups is 1. The van der Waals surface area contributed by atoms with Crippen LogP contribution in [-0.4, -0.2) is 6.29 Å². The van der Waals surface area contributed by atoms with E-state index in [4.69, 9.17) is 0 Å². The number of rotatable bonds is 1. The van der Waals surface area contributed by atoms with Gasteiger partial charge >= 0.3 is 0 Å². The smallest absolute Gasteiger partial charge is 0.123 e. The second kappa shape index (κ2) is 4.90. The first kappa shape index (κ1) is 12.4. The van der Waals surface area contributed by atoms with Gasteiger partial charge in [0.15, 0.2) is 0 Å². The Morgan fingerprint density at radius 3 is 2.11 bits per heavy atom. The van der Waals surface area contributed by atoms with Crippen LogP contribution in [0.15, 0.2) is 0 Å². The lowest BCUT2D eigenvalue weighted by Crippen LogP contribution is -2.44. The summed E-state index contributed by atoms with van der Waals surface area (Å²) in [6.07, 6.45) is 15.6. The highest BCUT2D eigenvalue weighted by Crippen LogP contribution is 2.58. The summed E-state index contributed by atoms with van der Waals surface area (Å²) in [7, 11) is 0. The maximum atomic E-state index is 11.1. The zero-order chi connectivity index (χ0) is 12.8. The van der Waals surface area contributed by atoms with Crippen LogP contribution in [0, 0.1) is 41.4 Å². The SMILES string of the molecule is O=CC1CC[C@H]2C(CC[C@H]3[C@@H]4CCC[C@H]4CC[C@@H]32)C1. The second-order valence-electron chi connectivity index (χ2n) is 7.97. The summed E-state index contributed by atoms with van der Waals surface area (Å²) in [5.74, 6) is 6.63. The van der Waals surface area contributed by atoms with E-state index in [1.807, 2.05) is 0 Å². The molecule has 0 saturated heterocycles. The van der Waals surface area contributed by atoms with E-state index in [0.29, 0.717) is 5.92 Å². The van der Waals surface area contributed by atoms with Gasteiger partial charge in [-0.3, -0.25) is 0 Å². The Kier molecular flexibility index (Phi) is 3.20. The molecular formula is C18H28O. The molecule has 0 bridgehead atoms. The molecule has 4 aliphatic rings. The third kappa shape index (κ3) is 1.99. The van der Waals surface area contributed by atoms with Crippen molar-refractivity contribution in [1.82, 2.24) is 0 Å². The Labute approximate surface area is 117 Å². The minimum Gasteiger partial charge on any atom is -0.303 e. The highest BCUT2D eigenvalue weighted by molar-refractivity contribution is 5.53. The molecule has 0 N–H and O–H groups in total. The predicted octanol–water partition coefficient (Wildman–Crippen LogP) is 4.45. The largest absolute Gasteiger partial charge is 0.303 e. The molecule has 1 heteroatoms. The fourth-order valence-electron chi connectivity index (χ4n) is 6.63. The number of carbonyl (C=O) groups excluding carboxylic acids is 1. The van der Waals surface area contributed by atoms with Gasteiger partial charge in [-0.15, -0.1) is 0 Å². The van der Waals surface area contributed by atoms with Crippen molar-refractivity contribution < 1.29 is 4.79 Å². The van der Waals surface area contributed by atoms with E-state index in [-0.39, 0.29) is 0 Å². The number of hydrogen-bond donors (Lipinski definition) is 0. The lowest BCUT2D eigenvalue weighted by Gasteiger charge is -2.52. The topological polar surface area (TPSA) is 17.1 Å². The van der Waals surface area contributed by atoms with Gasteiger partial charge in [0.25, 0.3) is 0 Å². The third-order valence-corrected chi connectivity index (χ3v) is 7.38. The van der Waals surface area contributed by atoms with Gasteiger partial charge < -0.3 is 4.79 Å². The van der Waals surface area contributed by atoms with Crippen molar-refractivity contribution in [1.29, 1.82) is 0 Å². The zero-order valence-corrected chi connectivity index (χ0v) is 12.1. The average Bonchev–Trinajstić information content (AvgIpc) is 2.94. The summed E-state index contributed by atoms with van der Waals surface area (Å²) in [5.41, 5.74) is 0. The molecule has 4 rings (SSSR count). The first-order valence-electron chi connectivity index (χ1n) is 8.82. The van der Waals surface area contributed by atoms with Crippen LogP contribution >= 0.6 is 0 Å². The van der Waals surface area contributed by atoms with Crippen LogP contribution in [-0.2, 0) is 4.79 Å². The Morgan fingerprint density at radius 1 is 0.632 bits per heavy atom. The number of hydrogen-bond acceptors (Lipinski definition) is 1. The van der Waals surface area contributed by atoms with Crippen LogP contribution in [0.4, 0.5) is 0 Å². The van der Waals surface area contributed by atoms with Gasteiger partial charge in [-0.05, 0) is 86.9 Å². The van der Waals surface area contributed by atoms with Crippen molar-refractivity contribution in [2.45, 2.75) is 64.2 Å². The molecule has 4 aliphatic carbocycles. The molecule has 1 nitrogen and oxygen atoms in total. The quantitative estimate of drug-likeness (QED) is 0.636. The predicted molar refractivity (Wildman–Crippen MR) is 76.7 cm³/mol. The van der Waals surface area contributed by atoms with Gasteiger partial charge in [-0.25, -0.2) is 0 Å². The Morgan fingerprint density at radius 2 is 1.32 bits per heavy atom. The lowest BCUT2D eigenvalue weighted by atomic mass is 9.53. The molecule has 0 aliphatic heterocycles. The summed E-state index contributed by atoms with van der Waals surface area (Å²) in [4.78, 5) is 11.1. The number of aldehydes is 1. The molecule has 4 fully saturated rings. The van der Waals surface area contributed by atoms with E-state index in [9.17, 15) is 4.79 Å². The summed E-state index contributed by atoms with van der Waals surface area (Å²) in [5, 5.41) is 0. The molecule has 4 saturated carbocycles. The first-order valence-corrected chi connectivity index (χ1v) is 8.82. The molecule has 0 aromatic carbocycles. The Balaban J connectivity index is 1.51. The fourth-order valence-corrected chi connectivity index (χ4v) is 6.63. The molecule has 0 spiro atoms. The molecule has 2 unspecified atom stereocenters. The standard InChI is InChI=1S/C18H28O/c19-11-12-4-7-16-14(10-12)6-9-17-15-3-1-2-13(15)5-8-18(16)17/h11-18H,1-10H2/t12?,13-,14?,15+,16-,17-,18+/m0/s1. The van der Waals surface area contributed by atoms with Crippen molar-refractivity contribution in [3.63, 3.8) is 0 Å². The normalized spacial score (nSPS) is 52.9. The van der Waals surface area contributed by atoms with Crippen LogP contribution in [0.3, 0.4) is 0 Å². The van der Waals surface area contributed by atoms with Crippen molar-refractivity contribution in [3.05, 3.63) is 0 Å². The summed E-state index contributed by atoms with van der Waals surface area (Å²) in [6.45, 7) is 0. The summed E-state index contributed by atoms with van der Waals surface area (Å²) < 4.78 is 0. The van der Waals surface area contributed by atoms with Crippen LogP contribution < -0.4 is 0 Å². The molecule has 7 atom stereocenters. The van der Waals surface area contributed by atoms with Crippen LogP contribution in [0.5, 0.6) is 0 Å². The third-order valence-electron chi connectivity index (χ3n) is 7.38. The lowest BCUT2D eigenvalue weighted by molar-refractivity contribution is -0.114. The molecule has 0 heterocycles. The average molecular weight is 260 g/mol. The van der Waals surface area contributed by atoms with E-state index in [1.165, 1.54) is 64.1 Å². The van der Waals surface area contributed by atoms with E-state index in [0.717, 1.165) is 35.5 Å². The Hall–Kier alpha value is -0.330. The first-order chi connectivity index (χ1) is 9.36. The van der Waals surface area contributed by atoms with Gasteiger partial charge in [0.1, 0.15) is 6.29 Å². The van der Waals surface area contributed by atoms with Gasteiger partial charge in [0, 0.05) is 5.92 Å². The maximum Gasteiger partial charge on any atom is 0.123 e. The van der Waals surface area contributed by atoms with Gasteiger partial charge in [-0.1, -0.05) is 12.8 Å². The Bertz CT molecular complexity index is 350. The molecule has 19 heavy (non-hydrogen) atoms. The van der Waals surface area contributed by atoms with E-state index in [1.54, 1.807) is 6.42 Å². The van der Waals surface area contributed by atoms with E-state index in [2.05, 4.69) is 0 Å². The molecule has 106 valence electrons. The monoisotopic (exact) mass is 260 g/mol. The zero-order valence-electron chi connectivity index (χ0n) is 12.1. The van der Waals surface area contributed by atoms with Gasteiger partial charge in [0.05, 0.1) is 0 Å². The van der Waals surface area contributed by atoms with Crippen LogP contribution in [0.2, 0.25) is 0 Å². The van der Waals surface area contributed by atoms with E-state index < -0.39 is 0 Å². The minimum atomic E-state index is 0.403. The van der Waals surface area contributed by atoms with Crippen molar-refractivity contribution in [2.75, 3.05) is 0 Å². The fraction of sp³-hybridized carbons (Fsp3) is 0.944. The molecule has 0 aromatic rings. The molecule has 0 aromatic heterocycles. The van der Waals surface area contributed by atoms with Crippen LogP contribution in [0.1, 0.15) is 64.2 Å². The van der Waals surface area contributed by atoms with Gasteiger partial charge in [-0.2, -0.15) is 0 Å². The molecular weight excluding hydrogens is 232 g/mol. The van der Waals surface area contributed by atoms with Gasteiger partial charge in [0.2, 0.25) is 0 Å². The minimum absolute atomic E-state index is 0.403. The van der Waals surface area contributed by atoms with E-state index >= 15 is 0 Å². The maximum absolute atomic E-state index is 11.1. The van der Waals surface area contributed by atoms with Crippen molar-refractivity contribution in [3.8, 4) is 0 Å². The second-order valence-corrected chi connectivity index (χ2v) is 7.97. The van der Waals surface area contributed by atoms with Crippen LogP contribution in [0.25, 0.3) is 0 Å². The van der Waals surface area contributed by atoms with Crippen molar-refractivity contribution >= 4 is 6.29 Å². The molecule has 0 amide bonds. The highest BCUT2D eigenvalue weighted by atomic mass is 16.1. The molecule has 0 radical (unpaired) electrons. The number of fused-ring (bicyclic) bond motifs is 5. The summed E-state index contributed by atoms with van der Waals surface area (Å²) >= 11 is 0.